The molecule has 2 aromatic carbocycles. The molecule has 2 heterocycles. The van der Waals surface area contributed by atoms with Gasteiger partial charge in [-0.1, -0.05) is 0 Å². The van der Waals surface area contributed by atoms with E-state index in [1.807, 2.05) is 0 Å². The van der Waals surface area contributed by atoms with E-state index in [4.69, 9.17) is 0 Å². The summed E-state index contributed by atoms with van der Waals surface area (Å²) in [4.78, 5) is 23.0. The number of halogens is 3. The summed E-state index contributed by atoms with van der Waals surface area (Å²) in [6, 6.07) is 5.18. The second kappa shape index (κ2) is 8.25. The number of benzene rings is 2. The standard InChI is InChI=1S/C21H18F3N5O4S/c1-21(2)18-16(9-29(21)34(32,33)14-6-12(23)5-13(24)7-14)19(28-27-18)26-20(31)15-4-3-11(22)8-17(15)25-10-30/h3-8,10H,9H2,1-2H3,(H,25,30)(H2,26,27,28,31). The molecule has 0 radical (unpaired) electrons. The van der Waals surface area contributed by atoms with Gasteiger partial charge in [-0.15, -0.1) is 0 Å². The van der Waals surface area contributed by atoms with E-state index >= 15 is 0 Å². The quantitative estimate of drug-likeness (QED) is 0.456. The topological polar surface area (TPSA) is 124 Å². The Morgan fingerprint density at radius 1 is 1.12 bits per heavy atom. The molecular weight excluding hydrogens is 475 g/mol. The van der Waals surface area contributed by atoms with E-state index in [9.17, 15) is 31.2 Å². The van der Waals surface area contributed by atoms with Crippen LogP contribution >= 0.6 is 0 Å². The second-order valence-corrected chi connectivity index (χ2v) is 9.87. The van der Waals surface area contributed by atoms with Crippen LogP contribution in [-0.2, 0) is 26.9 Å². The number of amides is 2. The summed E-state index contributed by atoms with van der Waals surface area (Å²) in [7, 11) is -4.34. The first kappa shape index (κ1) is 23.4. The Morgan fingerprint density at radius 2 is 1.79 bits per heavy atom. The van der Waals surface area contributed by atoms with Crippen LogP contribution in [0.3, 0.4) is 0 Å². The number of anilines is 2. The lowest BCUT2D eigenvalue weighted by atomic mass is 10.0. The fraction of sp³-hybridized carbons (Fsp3) is 0.190. The summed E-state index contributed by atoms with van der Waals surface area (Å²) in [5, 5.41) is 11.5. The molecule has 9 nitrogen and oxygen atoms in total. The van der Waals surface area contributed by atoms with Crippen LogP contribution in [0.5, 0.6) is 0 Å². The van der Waals surface area contributed by atoms with E-state index in [1.165, 1.54) is 6.07 Å². The molecule has 34 heavy (non-hydrogen) atoms. The van der Waals surface area contributed by atoms with Crippen molar-refractivity contribution in [3.05, 3.63) is 70.7 Å². The van der Waals surface area contributed by atoms with Crippen molar-refractivity contribution in [3.63, 3.8) is 0 Å². The van der Waals surface area contributed by atoms with Gasteiger partial charge in [-0.05, 0) is 44.2 Å². The maximum atomic E-state index is 13.7. The molecule has 1 aliphatic rings. The SMILES string of the molecule is CC1(C)c2[nH]nc(NC(=O)c3ccc(F)cc3NC=O)c2CN1S(=O)(=O)c1cc(F)cc(F)c1. The number of H-pyrrole nitrogens is 1. The van der Waals surface area contributed by atoms with Gasteiger partial charge < -0.3 is 10.6 Å². The number of hydrogen-bond acceptors (Lipinski definition) is 5. The monoisotopic (exact) mass is 493 g/mol. The average molecular weight is 493 g/mol. The largest absolute Gasteiger partial charge is 0.328 e. The third-order valence-electron chi connectivity index (χ3n) is 5.50. The maximum Gasteiger partial charge on any atom is 0.258 e. The fourth-order valence-electron chi connectivity index (χ4n) is 3.86. The molecule has 0 atom stereocenters. The molecule has 0 bridgehead atoms. The van der Waals surface area contributed by atoms with Crippen LogP contribution in [0.2, 0.25) is 0 Å². The summed E-state index contributed by atoms with van der Waals surface area (Å²) in [6.45, 7) is 2.89. The lowest BCUT2D eigenvalue weighted by Gasteiger charge is -2.30. The minimum atomic E-state index is -4.34. The van der Waals surface area contributed by atoms with Crippen LogP contribution in [0.1, 0.15) is 35.5 Å². The molecule has 0 unspecified atom stereocenters. The number of hydrogen-bond donors (Lipinski definition) is 3. The van der Waals surface area contributed by atoms with E-state index in [-0.39, 0.29) is 30.0 Å². The van der Waals surface area contributed by atoms with Crippen LogP contribution in [0.15, 0.2) is 41.3 Å². The number of aromatic amines is 1. The van der Waals surface area contributed by atoms with Crippen LogP contribution < -0.4 is 10.6 Å². The zero-order valence-corrected chi connectivity index (χ0v) is 18.6. The number of sulfonamides is 1. The summed E-state index contributed by atoms with van der Waals surface area (Å²) in [5.74, 6) is -3.47. The molecule has 3 N–H and O–H groups in total. The summed E-state index contributed by atoms with van der Waals surface area (Å²) in [5.41, 5.74) is -0.619. The lowest BCUT2D eigenvalue weighted by molar-refractivity contribution is -0.105. The number of nitrogens with zero attached hydrogens (tertiary/aromatic N) is 2. The van der Waals surface area contributed by atoms with E-state index in [1.54, 1.807) is 13.8 Å². The molecule has 0 saturated carbocycles. The molecule has 0 spiro atoms. The number of fused-ring (bicyclic) bond motifs is 1. The predicted molar refractivity (Wildman–Crippen MR) is 115 cm³/mol. The fourth-order valence-corrected chi connectivity index (χ4v) is 5.63. The van der Waals surface area contributed by atoms with Crippen molar-refractivity contribution in [1.29, 1.82) is 0 Å². The third kappa shape index (κ3) is 3.92. The second-order valence-electron chi connectivity index (χ2n) is 8.01. The molecule has 178 valence electrons. The Bertz CT molecular complexity index is 1400. The normalized spacial score (nSPS) is 15.1. The molecule has 4 rings (SSSR count). The Balaban J connectivity index is 1.67. The molecule has 0 saturated heterocycles. The highest BCUT2D eigenvalue weighted by Crippen LogP contribution is 2.44. The van der Waals surface area contributed by atoms with Crippen LogP contribution in [0.4, 0.5) is 24.7 Å². The van der Waals surface area contributed by atoms with Crippen molar-refractivity contribution >= 4 is 33.8 Å². The average Bonchev–Trinajstić information content (AvgIpc) is 3.26. The predicted octanol–water partition coefficient (Wildman–Crippen LogP) is 3.09. The Hall–Kier alpha value is -3.71. The summed E-state index contributed by atoms with van der Waals surface area (Å²) in [6.07, 6.45) is 0.290. The van der Waals surface area contributed by atoms with Gasteiger partial charge in [-0.2, -0.15) is 9.40 Å². The Kier molecular flexibility index (Phi) is 5.69. The van der Waals surface area contributed by atoms with Gasteiger partial charge in [0, 0.05) is 18.2 Å². The molecule has 0 fully saturated rings. The van der Waals surface area contributed by atoms with Crippen molar-refractivity contribution in [2.75, 3.05) is 10.6 Å². The van der Waals surface area contributed by atoms with Crippen LogP contribution in [0, 0.1) is 17.5 Å². The van der Waals surface area contributed by atoms with Crippen molar-refractivity contribution < 1.29 is 31.2 Å². The smallest absolute Gasteiger partial charge is 0.258 e. The molecule has 13 heteroatoms. The van der Waals surface area contributed by atoms with Crippen molar-refractivity contribution in [1.82, 2.24) is 14.5 Å². The van der Waals surface area contributed by atoms with Crippen molar-refractivity contribution in [3.8, 4) is 0 Å². The third-order valence-corrected chi connectivity index (χ3v) is 7.50. The number of carbonyl (C=O) groups is 2. The van der Waals surface area contributed by atoms with Gasteiger partial charge >= 0.3 is 0 Å². The zero-order chi connectivity index (χ0) is 24.8. The molecule has 3 aromatic rings. The highest BCUT2D eigenvalue weighted by molar-refractivity contribution is 7.89. The van der Waals surface area contributed by atoms with Gasteiger partial charge in [-0.25, -0.2) is 21.6 Å². The summed E-state index contributed by atoms with van der Waals surface area (Å²) >= 11 is 0. The van der Waals surface area contributed by atoms with Gasteiger partial charge in [0.15, 0.2) is 5.82 Å². The van der Waals surface area contributed by atoms with Gasteiger partial charge in [-0.3, -0.25) is 14.7 Å². The van der Waals surface area contributed by atoms with E-state index in [0.717, 1.165) is 28.6 Å². The molecule has 1 aromatic heterocycles. The number of aromatic nitrogens is 2. The molecule has 2 amide bonds. The Morgan fingerprint density at radius 3 is 2.44 bits per heavy atom. The van der Waals surface area contributed by atoms with Crippen molar-refractivity contribution in [2.24, 2.45) is 0 Å². The molecule has 1 aliphatic heterocycles. The minimum absolute atomic E-state index is 0.0116. The van der Waals surface area contributed by atoms with E-state index in [0.29, 0.717) is 17.3 Å². The van der Waals surface area contributed by atoms with E-state index in [2.05, 4.69) is 20.8 Å². The first-order valence-corrected chi connectivity index (χ1v) is 11.3. The van der Waals surface area contributed by atoms with Crippen molar-refractivity contribution in [2.45, 2.75) is 30.8 Å². The molecular formula is C21H18F3N5O4S. The van der Waals surface area contributed by atoms with Gasteiger partial charge in [0.1, 0.15) is 17.5 Å². The number of nitrogens with one attached hydrogen (secondary N) is 3. The summed E-state index contributed by atoms with van der Waals surface area (Å²) < 4.78 is 68.3. The highest BCUT2D eigenvalue weighted by Gasteiger charge is 2.48. The Labute approximate surface area is 192 Å². The lowest BCUT2D eigenvalue weighted by Crippen LogP contribution is -2.40. The van der Waals surface area contributed by atoms with E-state index < -0.39 is 43.8 Å². The number of carbonyl (C=O) groups excluding carboxylic acids is 2. The van der Waals surface area contributed by atoms with Gasteiger partial charge in [0.05, 0.1) is 27.4 Å². The van der Waals surface area contributed by atoms with Crippen LogP contribution in [0.25, 0.3) is 0 Å². The van der Waals surface area contributed by atoms with Gasteiger partial charge in [0.2, 0.25) is 16.4 Å². The maximum absolute atomic E-state index is 13.7. The first-order valence-electron chi connectivity index (χ1n) is 9.83. The van der Waals surface area contributed by atoms with Crippen LogP contribution in [-0.4, -0.2) is 35.2 Å². The number of rotatable bonds is 6. The zero-order valence-electron chi connectivity index (χ0n) is 17.8. The highest BCUT2D eigenvalue weighted by atomic mass is 32.2. The van der Waals surface area contributed by atoms with Gasteiger partial charge in [0.25, 0.3) is 5.91 Å². The minimum Gasteiger partial charge on any atom is -0.328 e. The first-order chi connectivity index (χ1) is 15.9. The molecule has 0 aliphatic carbocycles.